The van der Waals surface area contributed by atoms with Gasteiger partial charge in [0.2, 0.25) is 0 Å². The van der Waals surface area contributed by atoms with Crippen LogP contribution in [0.5, 0.6) is 0 Å². The summed E-state index contributed by atoms with van der Waals surface area (Å²) in [5.41, 5.74) is 1.99. The van der Waals surface area contributed by atoms with Gasteiger partial charge in [-0.15, -0.1) is 0 Å². The first-order chi connectivity index (χ1) is 11.6. The van der Waals surface area contributed by atoms with Gasteiger partial charge in [-0.05, 0) is 49.9 Å². The zero-order chi connectivity index (χ0) is 16.9. The molecule has 24 heavy (non-hydrogen) atoms. The van der Waals surface area contributed by atoms with Crippen molar-refractivity contribution in [2.45, 2.75) is 38.3 Å². The van der Waals surface area contributed by atoms with E-state index in [1.807, 2.05) is 12.3 Å². The van der Waals surface area contributed by atoms with Crippen LogP contribution in [0.4, 0.5) is 14.5 Å². The van der Waals surface area contributed by atoms with Crippen molar-refractivity contribution < 1.29 is 8.78 Å². The van der Waals surface area contributed by atoms with Crippen molar-refractivity contribution in [2.24, 2.45) is 0 Å². The fourth-order valence-corrected chi connectivity index (χ4v) is 3.32. The van der Waals surface area contributed by atoms with Gasteiger partial charge < -0.3 is 10.2 Å². The largest absolute Gasteiger partial charge is 0.371 e. The van der Waals surface area contributed by atoms with Crippen molar-refractivity contribution in [1.29, 1.82) is 0 Å². The molecule has 1 aliphatic heterocycles. The molecule has 0 saturated carbocycles. The standard InChI is InChI=1S/C19H23F2N3/c1-14(11-15-3-2-8-22-13-15)23-16-6-9-24(10-7-16)17-4-5-18(20)19(21)12-17/h2-5,8,12-14,16,23H,6-7,9-11H2,1H3. The Labute approximate surface area is 141 Å². The molecule has 2 aromatic rings. The molecule has 0 aliphatic carbocycles. The maximum atomic E-state index is 13.4. The summed E-state index contributed by atoms with van der Waals surface area (Å²) >= 11 is 0. The second-order valence-corrected chi connectivity index (χ2v) is 6.49. The molecule has 1 aromatic carbocycles. The van der Waals surface area contributed by atoms with Crippen LogP contribution in [0.25, 0.3) is 0 Å². The molecule has 3 nitrogen and oxygen atoms in total. The number of benzene rings is 1. The normalized spacial score (nSPS) is 17.0. The predicted molar refractivity (Wildman–Crippen MR) is 92.1 cm³/mol. The van der Waals surface area contributed by atoms with Crippen molar-refractivity contribution in [3.05, 3.63) is 59.9 Å². The molecular weight excluding hydrogens is 308 g/mol. The number of rotatable bonds is 5. The van der Waals surface area contributed by atoms with Crippen LogP contribution in [0.2, 0.25) is 0 Å². The van der Waals surface area contributed by atoms with Gasteiger partial charge in [-0.2, -0.15) is 0 Å². The minimum atomic E-state index is -0.792. The molecule has 0 bridgehead atoms. The highest BCUT2D eigenvalue weighted by Crippen LogP contribution is 2.22. The van der Waals surface area contributed by atoms with E-state index >= 15 is 0 Å². The molecule has 0 radical (unpaired) electrons. The monoisotopic (exact) mass is 331 g/mol. The first-order valence-electron chi connectivity index (χ1n) is 8.47. The van der Waals surface area contributed by atoms with Crippen molar-refractivity contribution in [3.63, 3.8) is 0 Å². The Morgan fingerprint density at radius 2 is 2.00 bits per heavy atom. The van der Waals surface area contributed by atoms with Crippen LogP contribution in [0, 0.1) is 11.6 Å². The molecule has 128 valence electrons. The van der Waals surface area contributed by atoms with E-state index in [4.69, 9.17) is 0 Å². The maximum Gasteiger partial charge on any atom is 0.160 e. The molecule has 1 aliphatic rings. The molecule has 0 amide bonds. The van der Waals surface area contributed by atoms with Gasteiger partial charge in [0, 0.05) is 49.3 Å². The molecule has 1 N–H and O–H groups in total. The third-order valence-electron chi connectivity index (χ3n) is 4.55. The Morgan fingerprint density at radius 3 is 2.67 bits per heavy atom. The lowest BCUT2D eigenvalue weighted by Gasteiger charge is -2.35. The van der Waals surface area contributed by atoms with Crippen molar-refractivity contribution in [3.8, 4) is 0 Å². The molecule has 1 unspecified atom stereocenters. The second-order valence-electron chi connectivity index (χ2n) is 6.49. The van der Waals surface area contributed by atoms with E-state index in [-0.39, 0.29) is 0 Å². The van der Waals surface area contributed by atoms with Gasteiger partial charge in [0.1, 0.15) is 0 Å². The molecule has 5 heteroatoms. The SMILES string of the molecule is CC(Cc1cccnc1)NC1CCN(c2ccc(F)c(F)c2)CC1. The summed E-state index contributed by atoms with van der Waals surface area (Å²) in [6, 6.07) is 9.03. The molecule has 0 spiro atoms. The number of piperidine rings is 1. The Bertz CT molecular complexity index is 655. The summed E-state index contributed by atoms with van der Waals surface area (Å²) in [7, 11) is 0. The third-order valence-corrected chi connectivity index (χ3v) is 4.55. The van der Waals surface area contributed by atoms with Gasteiger partial charge in [-0.25, -0.2) is 8.78 Å². The smallest absolute Gasteiger partial charge is 0.160 e. The van der Waals surface area contributed by atoms with E-state index in [2.05, 4.69) is 28.2 Å². The van der Waals surface area contributed by atoms with Crippen LogP contribution >= 0.6 is 0 Å². The summed E-state index contributed by atoms with van der Waals surface area (Å²) in [6.07, 6.45) is 6.64. The molecule has 1 aromatic heterocycles. The van der Waals surface area contributed by atoms with E-state index < -0.39 is 11.6 Å². The topological polar surface area (TPSA) is 28.2 Å². The highest BCUT2D eigenvalue weighted by molar-refractivity contribution is 5.47. The molecule has 1 atom stereocenters. The molecule has 1 fully saturated rings. The van der Waals surface area contributed by atoms with Gasteiger partial charge in [0.25, 0.3) is 0 Å². The summed E-state index contributed by atoms with van der Waals surface area (Å²) in [4.78, 5) is 6.27. The van der Waals surface area contributed by atoms with E-state index in [1.54, 1.807) is 12.3 Å². The number of anilines is 1. The Hall–Kier alpha value is -2.01. The number of halogens is 2. The summed E-state index contributed by atoms with van der Waals surface area (Å²) < 4.78 is 26.4. The molecule has 3 rings (SSSR count). The van der Waals surface area contributed by atoms with Gasteiger partial charge >= 0.3 is 0 Å². The lowest BCUT2D eigenvalue weighted by Crippen LogP contribution is -2.46. The first-order valence-corrected chi connectivity index (χ1v) is 8.47. The first kappa shape index (κ1) is 16.8. The van der Waals surface area contributed by atoms with Gasteiger partial charge in [0.15, 0.2) is 11.6 Å². The third kappa shape index (κ3) is 4.29. The van der Waals surface area contributed by atoms with Crippen LogP contribution in [-0.2, 0) is 6.42 Å². The number of hydrogen-bond acceptors (Lipinski definition) is 3. The lowest BCUT2D eigenvalue weighted by molar-refractivity contribution is 0.375. The van der Waals surface area contributed by atoms with E-state index in [9.17, 15) is 8.78 Å². The van der Waals surface area contributed by atoms with Gasteiger partial charge in [0.05, 0.1) is 0 Å². The van der Waals surface area contributed by atoms with E-state index in [0.717, 1.165) is 38.0 Å². The number of nitrogens with zero attached hydrogens (tertiary/aromatic N) is 2. The average molecular weight is 331 g/mol. The summed E-state index contributed by atoms with van der Waals surface area (Å²) in [5.74, 6) is -1.57. The summed E-state index contributed by atoms with van der Waals surface area (Å²) in [5, 5.41) is 3.67. The second kappa shape index (κ2) is 7.71. The van der Waals surface area contributed by atoms with Gasteiger partial charge in [-0.1, -0.05) is 6.07 Å². The fraction of sp³-hybridized carbons (Fsp3) is 0.421. The fourth-order valence-electron chi connectivity index (χ4n) is 3.32. The number of pyridine rings is 1. The number of nitrogens with one attached hydrogen (secondary N) is 1. The Balaban J connectivity index is 1.49. The quantitative estimate of drug-likeness (QED) is 0.908. The Kier molecular flexibility index (Phi) is 5.41. The van der Waals surface area contributed by atoms with Crippen molar-refractivity contribution in [1.82, 2.24) is 10.3 Å². The minimum Gasteiger partial charge on any atom is -0.371 e. The lowest BCUT2D eigenvalue weighted by atomic mass is 10.0. The maximum absolute atomic E-state index is 13.4. The zero-order valence-electron chi connectivity index (χ0n) is 13.9. The Morgan fingerprint density at radius 1 is 1.21 bits per heavy atom. The van der Waals surface area contributed by atoms with Crippen LogP contribution in [0.3, 0.4) is 0 Å². The molecule has 1 saturated heterocycles. The van der Waals surface area contributed by atoms with Gasteiger partial charge in [-0.3, -0.25) is 4.98 Å². The molecule has 2 heterocycles. The molecular formula is C19H23F2N3. The van der Waals surface area contributed by atoms with E-state index in [0.29, 0.717) is 12.1 Å². The zero-order valence-corrected chi connectivity index (χ0v) is 13.9. The highest BCUT2D eigenvalue weighted by atomic mass is 19.2. The number of aromatic nitrogens is 1. The van der Waals surface area contributed by atoms with Crippen LogP contribution in [0.15, 0.2) is 42.7 Å². The van der Waals surface area contributed by atoms with Crippen LogP contribution < -0.4 is 10.2 Å². The highest BCUT2D eigenvalue weighted by Gasteiger charge is 2.21. The minimum absolute atomic E-state index is 0.383. The average Bonchev–Trinajstić information content (AvgIpc) is 2.59. The van der Waals surface area contributed by atoms with Crippen LogP contribution in [-0.4, -0.2) is 30.2 Å². The summed E-state index contributed by atoms with van der Waals surface area (Å²) in [6.45, 7) is 3.89. The van der Waals surface area contributed by atoms with Crippen molar-refractivity contribution in [2.75, 3.05) is 18.0 Å². The van der Waals surface area contributed by atoms with Crippen LogP contribution in [0.1, 0.15) is 25.3 Å². The van der Waals surface area contributed by atoms with Crippen molar-refractivity contribution >= 4 is 5.69 Å². The van der Waals surface area contributed by atoms with E-state index in [1.165, 1.54) is 17.7 Å². The predicted octanol–water partition coefficient (Wildman–Crippen LogP) is 3.55. The number of hydrogen-bond donors (Lipinski definition) is 1.